The molecule has 2 aromatic rings. The second kappa shape index (κ2) is 5.73. The predicted octanol–water partition coefficient (Wildman–Crippen LogP) is 3.82. The summed E-state index contributed by atoms with van der Waals surface area (Å²) in [4.78, 5) is 13.1. The summed E-state index contributed by atoms with van der Waals surface area (Å²) in [6, 6.07) is 11.5. The average molecular weight is 246 g/mol. The zero-order valence-electron chi connectivity index (χ0n) is 9.68. The molecule has 0 amide bonds. The van der Waals surface area contributed by atoms with Crippen molar-refractivity contribution in [3.63, 3.8) is 0 Å². The topological polar surface area (TPSA) is 30.2 Å². The highest BCUT2D eigenvalue weighted by atomic mass is 32.2. The van der Waals surface area contributed by atoms with E-state index in [4.69, 9.17) is 4.42 Å². The maximum Gasteiger partial charge on any atom is 0.163 e. The van der Waals surface area contributed by atoms with Crippen molar-refractivity contribution in [1.29, 1.82) is 0 Å². The van der Waals surface area contributed by atoms with Gasteiger partial charge in [-0.2, -0.15) is 0 Å². The van der Waals surface area contributed by atoms with Crippen LogP contribution in [0.5, 0.6) is 0 Å². The fraction of sp³-hybridized carbons (Fsp3) is 0.214. The molecule has 0 N–H and O–H groups in total. The molecular weight excluding hydrogens is 232 g/mol. The number of hydrogen-bond donors (Lipinski definition) is 0. The third kappa shape index (κ3) is 3.24. The van der Waals surface area contributed by atoms with Crippen LogP contribution in [0.4, 0.5) is 0 Å². The van der Waals surface area contributed by atoms with Crippen molar-refractivity contribution in [2.75, 3.05) is 6.26 Å². The summed E-state index contributed by atoms with van der Waals surface area (Å²) in [5.74, 6) is 1.02. The third-order valence-corrected chi connectivity index (χ3v) is 3.33. The molecule has 0 unspecified atom stereocenters. The van der Waals surface area contributed by atoms with Crippen LogP contribution in [0.3, 0.4) is 0 Å². The Labute approximate surface area is 105 Å². The first-order chi connectivity index (χ1) is 8.29. The van der Waals surface area contributed by atoms with Gasteiger partial charge in [-0.15, -0.1) is 11.8 Å². The van der Waals surface area contributed by atoms with E-state index in [0.717, 1.165) is 11.3 Å². The van der Waals surface area contributed by atoms with Gasteiger partial charge in [-0.05, 0) is 30.5 Å². The fourth-order valence-electron chi connectivity index (χ4n) is 1.61. The lowest BCUT2D eigenvalue weighted by Gasteiger charge is -2.01. The van der Waals surface area contributed by atoms with Gasteiger partial charge in [-0.1, -0.05) is 12.1 Å². The molecule has 0 saturated carbocycles. The molecule has 0 aliphatic carbocycles. The summed E-state index contributed by atoms with van der Waals surface area (Å²) < 4.78 is 5.20. The molecule has 0 radical (unpaired) electrons. The standard InChI is InChI=1S/C14H14O2S/c1-17-13-7-4-11(5-8-13)14(15)9-6-12-3-2-10-16-12/h2-5,7-8,10H,6,9H2,1H3. The predicted molar refractivity (Wildman–Crippen MR) is 69.6 cm³/mol. The summed E-state index contributed by atoms with van der Waals surface area (Å²) in [7, 11) is 0. The van der Waals surface area contributed by atoms with Gasteiger partial charge in [-0.25, -0.2) is 0 Å². The van der Waals surface area contributed by atoms with Crippen LogP contribution < -0.4 is 0 Å². The van der Waals surface area contributed by atoms with E-state index in [0.29, 0.717) is 12.8 Å². The Morgan fingerprint density at radius 2 is 2.00 bits per heavy atom. The van der Waals surface area contributed by atoms with Crippen LogP contribution in [0.15, 0.2) is 52.0 Å². The van der Waals surface area contributed by atoms with Crippen LogP contribution in [0.25, 0.3) is 0 Å². The molecule has 1 aromatic carbocycles. The van der Waals surface area contributed by atoms with E-state index in [9.17, 15) is 4.79 Å². The Morgan fingerprint density at radius 3 is 2.59 bits per heavy atom. The minimum Gasteiger partial charge on any atom is -0.469 e. The number of thioether (sulfide) groups is 1. The average Bonchev–Trinajstić information content (AvgIpc) is 2.89. The highest BCUT2D eigenvalue weighted by molar-refractivity contribution is 7.98. The third-order valence-electron chi connectivity index (χ3n) is 2.59. The number of carbonyl (C=O) groups excluding carboxylic acids is 1. The van der Waals surface area contributed by atoms with Crippen LogP contribution in [0, 0.1) is 0 Å². The van der Waals surface area contributed by atoms with Gasteiger partial charge in [-0.3, -0.25) is 4.79 Å². The van der Waals surface area contributed by atoms with Gasteiger partial charge in [0.1, 0.15) is 5.76 Å². The zero-order valence-corrected chi connectivity index (χ0v) is 10.5. The first-order valence-electron chi connectivity index (χ1n) is 5.49. The quantitative estimate of drug-likeness (QED) is 0.593. The monoisotopic (exact) mass is 246 g/mol. The Morgan fingerprint density at radius 1 is 1.24 bits per heavy atom. The minimum absolute atomic E-state index is 0.161. The van der Waals surface area contributed by atoms with E-state index >= 15 is 0 Å². The number of rotatable bonds is 5. The summed E-state index contributed by atoms with van der Waals surface area (Å²) in [5.41, 5.74) is 0.773. The SMILES string of the molecule is CSc1ccc(C(=O)CCc2ccco2)cc1. The molecule has 0 atom stereocenters. The number of hydrogen-bond acceptors (Lipinski definition) is 3. The number of aryl methyl sites for hydroxylation is 1. The molecule has 2 nitrogen and oxygen atoms in total. The largest absolute Gasteiger partial charge is 0.469 e. The van der Waals surface area contributed by atoms with Gasteiger partial charge >= 0.3 is 0 Å². The molecule has 0 aliphatic heterocycles. The summed E-state index contributed by atoms with van der Waals surface area (Å²) in [6.07, 6.45) is 4.81. The lowest BCUT2D eigenvalue weighted by atomic mass is 10.1. The molecule has 0 fully saturated rings. The van der Waals surface area contributed by atoms with E-state index < -0.39 is 0 Å². The van der Waals surface area contributed by atoms with E-state index in [1.807, 2.05) is 42.7 Å². The lowest BCUT2D eigenvalue weighted by Crippen LogP contribution is -2.00. The zero-order chi connectivity index (χ0) is 12.1. The first kappa shape index (κ1) is 12.0. The Kier molecular flexibility index (Phi) is 4.04. The second-order valence-electron chi connectivity index (χ2n) is 3.73. The minimum atomic E-state index is 0.161. The molecule has 0 saturated heterocycles. The van der Waals surface area contributed by atoms with Crippen LogP contribution in [0.2, 0.25) is 0 Å². The summed E-state index contributed by atoms with van der Waals surface area (Å²) in [5, 5.41) is 0. The molecular formula is C14H14O2S. The summed E-state index contributed by atoms with van der Waals surface area (Å²) in [6.45, 7) is 0. The molecule has 1 heterocycles. The van der Waals surface area contributed by atoms with Gasteiger partial charge in [0, 0.05) is 23.3 Å². The molecule has 17 heavy (non-hydrogen) atoms. The number of benzene rings is 1. The fourth-order valence-corrected chi connectivity index (χ4v) is 2.02. The van der Waals surface area contributed by atoms with E-state index in [-0.39, 0.29) is 5.78 Å². The molecule has 3 heteroatoms. The van der Waals surface area contributed by atoms with Crippen LogP contribution in [0.1, 0.15) is 22.5 Å². The normalized spacial score (nSPS) is 10.4. The van der Waals surface area contributed by atoms with Crippen molar-refractivity contribution < 1.29 is 9.21 Å². The van der Waals surface area contributed by atoms with Gasteiger partial charge in [0.25, 0.3) is 0 Å². The highest BCUT2D eigenvalue weighted by Gasteiger charge is 2.07. The van der Waals surface area contributed by atoms with Crippen LogP contribution in [-0.4, -0.2) is 12.0 Å². The van der Waals surface area contributed by atoms with Crippen molar-refractivity contribution >= 4 is 17.5 Å². The second-order valence-corrected chi connectivity index (χ2v) is 4.61. The van der Waals surface area contributed by atoms with Crippen molar-refractivity contribution in [3.05, 3.63) is 54.0 Å². The van der Waals surface area contributed by atoms with Crippen molar-refractivity contribution in [1.82, 2.24) is 0 Å². The van der Waals surface area contributed by atoms with Crippen LogP contribution >= 0.6 is 11.8 Å². The molecule has 0 aliphatic rings. The van der Waals surface area contributed by atoms with Gasteiger partial charge < -0.3 is 4.42 Å². The van der Waals surface area contributed by atoms with E-state index in [1.54, 1.807) is 18.0 Å². The van der Waals surface area contributed by atoms with Crippen molar-refractivity contribution in [3.8, 4) is 0 Å². The van der Waals surface area contributed by atoms with Gasteiger partial charge in [0.05, 0.1) is 6.26 Å². The maximum atomic E-state index is 11.9. The van der Waals surface area contributed by atoms with Gasteiger partial charge in [0.15, 0.2) is 5.78 Å². The molecule has 0 bridgehead atoms. The molecule has 1 aromatic heterocycles. The first-order valence-corrected chi connectivity index (χ1v) is 6.71. The van der Waals surface area contributed by atoms with Crippen molar-refractivity contribution in [2.24, 2.45) is 0 Å². The lowest BCUT2D eigenvalue weighted by molar-refractivity contribution is 0.0981. The van der Waals surface area contributed by atoms with Gasteiger partial charge in [0.2, 0.25) is 0 Å². The number of Topliss-reactive ketones (excluding diaryl/α,β-unsaturated/α-hetero) is 1. The van der Waals surface area contributed by atoms with E-state index in [2.05, 4.69) is 0 Å². The maximum absolute atomic E-state index is 11.9. The Bertz CT molecular complexity index is 471. The molecule has 2 rings (SSSR count). The van der Waals surface area contributed by atoms with Crippen molar-refractivity contribution in [2.45, 2.75) is 17.7 Å². The number of furan rings is 1. The number of carbonyl (C=O) groups is 1. The molecule has 88 valence electrons. The smallest absolute Gasteiger partial charge is 0.163 e. The van der Waals surface area contributed by atoms with E-state index in [1.165, 1.54) is 4.90 Å². The van der Waals surface area contributed by atoms with Crippen LogP contribution in [-0.2, 0) is 6.42 Å². The summed E-state index contributed by atoms with van der Waals surface area (Å²) >= 11 is 1.67. The molecule has 0 spiro atoms. The highest BCUT2D eigenvalue weighted by Crippen LogP contribution is 2.16. The Balaban J connectivity index is 1.95. The Hall–Kier alpha value is -1.48. The number of ketones is 1.